The Kier molecular flexibility index (Phi) is 2.90. The van der Waals surface area contributed by atoms with Crippen molar-refractivity contribution in [3.63, 3.8) is 0 Å². The van der Waals surface area contributed by atoms with Gasteiger partial charge in [-0.1, -0.05) is 22.0 Å². The highest BCUT2D eigenvalue weighted by atomic mass is 79.9. The zero-order valence-corrected chi connectivity index (χ0v) is 11.1. The fourth-order valence-electron chi connectivity index (χ4n) is 3.06. The molecule has 0 aliphatic carbocycles. The molecule has 2 aliphatic rings. The topological polar surface area (TPSA) is 33.2 Å². The highest BCUT2D eigenvalue weighted by Gasteiger charge is 2.42. The van der Waals surface area contributed by atoms with E-state index in [0.29, 0.717) is 22.6 Å². The van der Waals surface area contributed by atoms with E-state index in [2.05, 4.69) is 25.8 Å². The number of amides is 1. The van der Waals surface area contributed by atoms with Gasteiger partial charge in [0, 0.05) is 23.1 Å². The number of carbonyl (C=O) groups is 1. The van der Waals surface area contributed by atoms with Crippen molar-refractivity contribution in [1.29, 1.82) is 0 Å². The molecule has 2 aliphatic heterocycles. The first-order chi connectivity index (χ1) is 8.25. The van der Waals surface area contributed by atoms with E-state index in [0.717, 1.165) is 25.7 Å². The first-order valence-electron chi connectivity index (χ1n) is 6.13. The standard InChI is InChI=1S/C13H15BrN2O/c14-9-7-10-4-5-11(8-9)16(10)13(17)12-3-1-2-6-15-12/h1-3,6,9-11H,4-5,7-8H2. The van der Waals surface area contributed by atoms with Crippen LogP contribution in [-0.2, 0) is 0 Å². The minimum atomic E-state index is 0.109. The third-order valence-corrected chi connectivity index (χ3v) is 4.54. The number of halogens is 1. The number of alkyl halides is 1. The molecule has 3 heterocycles. The van der Waals surface area contributed by atoms with Crippen molar-refractivity contribution in [2.24, 2.45) is 0 Å². The molecule has 0 radical (unpaired) electrons. The molecule has 2 atom stereocenters. The van der Waals surface area contributed by atoms with Gasteiger partial charge in [-0.3, -0.25) is 9.78 Å². The Labute approximate surface area is 109 Å². The Morgan fingerprint density at radius 2 is 2.00 bits per heavy atom. The van der Waals surface area contributed by atoms with Gasteiger partial charge in [0.2, 0.25) is 0 Å². The molecule has 17 heavy (non-hydrogen) atoms. The monoisotopic (exact) mass is 294 g/mol. The van der Waals surface area contributed by atoms with E-state index in [1.165, 1.54) is 0 Å². The van der Waals surface area contributed by atoms with Gasteiger partial charge in [0.15, 0.2) is 0 Å². The summed E-state index contributed by atoms with van der Waals surface area (Å²) < 4.78 is 0. The Morgan fingerprint density at radius 3 is 2.59 bits per heavy atom. The van der Waals surface area contributed by atoms with Crippen LogP contribution < -0.4 is 0 Å². The second-order valence-electron chi connectivity index (χ2n) is 4.88. The van der Waals surface area contributed by atoms with Crippen LogP contribution in [0.15, 0.2) is 24.4 Å². The van der Waals surface area contributed by atoms with Gasteiger partial charge < -0.3 is 4.90 Å². The van der Waals surface area contributed by atoms with Crippen LogP contribution in [-0.4, -0.2) is 32.7 Å². The zero-order chi connectivity index (χ0) is 11.8. The summed E-state index contributed by atoms with van der Waals surface area (Å²) in [6, 6.07) is 6.34. The van der Waals surface area contributed by atoms with Gasteiger partial charge in [-0.25, -0.2) is 0 Å². The Balaban J connectivity index is 1.84. The number of carbonyl (C=O) groups excluding carboxylic acids is 1. The van der Waals surface area contributed by atoms with Crippen molar-refractivity contribution in [3.8, 4) is 0 Å². The molecule has 0 spiro atoms. The first kappa shape index (κ1) is 11.2. The second kappa shape index (κ2) is 4.41. The largest absolute Gasteiger partial charge is 0.331 e. The lowest BCUT2D eigenvalue weighted by atomic mass is 10.0. The maximum atomic E-state index is 12.4. The highest BCUT2D eigenvalue weighted by Crippen LogP contribution is 2.39. The van der Waals surface area contributed by atoms with Gasteiger partial charge in [-0.15, -0.1) is 0 Å². The van der Waals surface area contributed by atoms with E-state index in [9.17, 15) is 4.79 Å². The minimum absolute atomic E-state index is 0.109. The third-order valence-electron chi connectivity index (χ3n) is 3.79. The maximum absolute atomic E-state index is 12.4. The van der Waals surface area contributed by atoms with Crippen molar-refractivity contribution >= 4 is 21.8 Å². The predicted octanol–water partition coefficient (Wildman–Crippen LogP) is 2.61. The van der Waals surface area contributed by atoms with E-state index in [-0.39, 0.29) is 5.91 Å². The highest BCUT2D eigenvalue weighted by molar-refractivity contribution is 9.09. The van der Waals surface area contributed by atoms with E-state index >= 15 is 0 Å². The molecule has 0 saturated carbocycles. The summed E-state index contributed by atoms with van der Waals surface area (Å²) in [5.74, 6) is 0.109. The van der Waals surface area contributed by atoms with Crippen molar-refractivity contribution in [2.75, 3.05) is 0 Å². The van der Waals surface area contributed by atoms with Crippen LogP contribution in [0.4, 0.5) is 0 Å². The number of aromatic nitrogens is 1. The summed E-state index contributed by atoms with van der Waals surface area (Å²) in [4.78, 5) is 19.2. The van der Waals surface area contributed by atoms with Crippen LogP contribution in [0, 0.1) is 0 Å². The smallest absolute Gasteiger partial charge is 0.272 e. The normalized spacial score (nSPS) is 31.6. The molecule has 0 N–H and O–H groups in total. The molecule has 1 amide bonds. The summed E-state index contributed by atoms with van der Waals surface area (Å²) in [6.45, 7) is 0. The summed E-state index contributed by atoms with van der Waals surface area (Å²) in [5, 5.41) is 0. The molecular formula is C13H15BrN2O. The van der Waals surface area contributed by atoms with Gasteiger partial charge in [-0.05, 0) is 37.8 Å². The number of hydrogen-bond donors (Lipinski definition) is 0. The molecule has 4 heteroatoms. The molecule has 2 unspecified atom stereocenters. The number of fused-ring (bicyclic) bond motifs is 2. The number of nitrogens with zero attached hydrogens (tertiary/aromatic N) is 2. The van der Waals surface area contributed by atoms with Gasteiger partial charge in [0.25, 0.3) is 5.91 Å². The van der Waals surface area contributed by atoms with E-state index in [1.54, 1.807) is 6.20 Å². The average molecular weight is 295 g/mol. The fraction of sp³-hybridized carbons (Fsp3) is 0.538. The molecular weight excluding hydrogens is 280 g/mol. The van der Waals surface area contributed by atoms with Crippen LogP contribution in [0.2, 0.25) is 0 Å². The maximum Gasteiger partial charge on any atom is 0.272 e. The van der Waals surface area contributed by atoms with Gasteiger partial charge in [0.05, 0.1) is 0 Å². The molecule has 3 rings (SSSR count). The Morgan fingerprint density at radius 1 is 1.29 bits per heavy atom. The molecule has 2 bridgehead atoms. The zero-order valence-electron chi connectivity index (χ0n) is 9.55. The number of hydrogen-bond acceptors (Lipinski definition) is 2. The third kappa shape index (κ3) is 1.99. The van der Waals surface area contributed by atoms with Crippen molar-refractivity contribution in [3.05, 3.63) is 30.1 Å². The lowest BCUT2D eigenvalue weighted by Crippen LogP contribution is -2.47. The van der Waals surface area contributed by atoms with Crippen LogP contribution in [0.25, 0.3) is 0 Å². The van der Waals surface area contributed by atoms with Crippen molar-refractivity contribution in [1.82, 2.24) is 9.88 Å². The predicted molar refractivity (Wildman–Crippen MR) is 69.2 cm³/mol. The lowest BCUT2D eigenvalue weighted by Gasteiger charge is -2.37. The van der Waals surface area contributed by atoms with E-state index in [4.69, 9.17) is 0 Å². The molecule has 1 aromatic heterocycles. The Hall–Kier alpha value is -0.900. The number of pyridine rings is 1. The molecule has 3 nitrogen and oxygen atoms in total. The van der Waals surface area contributed by atoms with Crippen molar-refractivity contribution < 1.29 is 4.79 Å². The molecule has 1 aromatic rings. The summed E-state index contributed by atoms with van der Waals surface area (Å²) >= 11 is 3.69. The van der Waals surface area contributed by atoms with Gasteiger partial charge in [0.1, 0.15) is 5.69 Å². The lowest BCUT2D eigenvalue weighted by molar-refractivity contribution is 0.0597. The average Bonchev–Trinajstić information content (AvgIpc) is 2.62. The molecule has 90 valence electrons. The molecule has 2 fully saturated rings. The molecule has 2 saturated heterocycles. The van der Waals surface area contributed by atoms with Crippen molar-refractivity contribution in [2.45, 2.75) is 42.6 Å². The summed E-state index contributed by atoms with van der Waals surface area (Å²) in [7, 11) is 0. The van der Waals surface area contributed by atoms with Crippen LogP contribution >= 0.6 is 15.9 Å². The number of rotatable bonds is 1. The van der Waals surface area contributed by atoms with Gasteiger partial charge >= 0.3 is 0 Å². The first-order valence-corrected chi connectivity index (χ1v) is 7.05. The SMILES string of the molecule is O=C(c1ccccn1)N1C2CCC1CC(Br)C2. The van der Waals surface area contributed by atoms with Crippen LogP contribution in [0.5, 0.6) is 0 Å². The van der Waals surface area contributed by atoms with E-state index in [1.807, 2.05) is 18.2 Å². The van der Waals surface area contributed by atoms with Crippen LogP contribution in [0.1, 0.15) is 36.2 Å². The minimum Gasteiger partial charge on any atom is -0.331 e. The quantitative estimate of drug-likeness (QED) is 0.746. The molecule has 0 aromatic carbocycles. The second-order valence-corrected chi connectivity index (χ2v) is 6.18. The van der Waals surface area contributed by atoms with Gasteiger partial charge in [-0.2, -0.15) is 0 Å². The number of piperidine rings is 1. The van der Waals surface area contributed by atoms with E-state index < -0.39 is 0 Å². The summed E-state index contributed by atoms with van der Waals surface area (Å²) in [5.41, 5.74) is 0.581. The fourth-order valence-corrected chi connectivity index (χ4v) is 3.93. The van der Waals surface area contributed by atoms with Crippen LogP contribution in [0.3, 0.4) is 0 Å². The summed E-state index contributed by atoms with van der Waals surface area (Å²) in [6.07, 6.45) is 6.13. The Bertz CT molecular complexity index is 409.